The van der Waals surface area contributed by atoms with Crippen LogP contribution in [0.25, 0.3) is 12.2 Å². The molecular weight excluding hydrogens is 716 g/mol. The lowest BCUT2D eigenvalue weighted by Gasteiger charge is -2.28. The number of benzene rings is 4. The van der Waals surface area contributed by atoms with E-state index in [1.165, 1.54) is 0 Å². The number of amides is 1. The van der Waals surface area contributed by atoms with Crippen molar-refractivity contribution in [3.05, 3.63) is 82.9 Å². The van der Waals surface area contributed by atoms with E-state index >= 15 is 0 Å². The van der Waals surface area contributed by atoms with Crippen LogP contribution in [-0.2, 0) is 0 Å². The molecule has 4 aromatic carbocycles. The summed E-state index contributed by atoms with van der Waals surface area (Å²) < 4.78 is 50.9. The van der Waals surface area contributed by atoms with Crippen molar-refractivity contribution in [1.82, 2.24) is 5.32 Å². The number of carbonyl (C=O) groups is 1. The van der Waals surface area contributed by atoms with Crippen LogP contribution in [0.5, 0.6) is 51.7 Å². The Bertz CT molecular complexity index is 1900. The summed E-state index contributed by atoms with van der Waals surface area (Å²) in [6.45, 7) is 1.16. The number of anilines is 1. The predicted octanol–water partition coefficient (Wildman–Crippen LogP) is 8.96. The Labute approximate surface area is 329 Å². The second kappa shape index (κ2) is 20.7. The van der Waals surface area contributed by atoms with Gasteiger partial charge in [0.1, 0.15) is 11.9 Å². The Kier molecular flexibility index (Phi) is 15.2. The van der Waals surface area contributed by atoms with E-state index in [0.717, 1.165) is 67.3 Å². The number of methoxy groups -OCH3 is 7. The van der Waals surface area contributed by atoms with Gasteiger partial charge >= 0.3 is 0 Å². The average molecular weight is 771 g/mol. The van der Waals surface area contributed by atoms with E-state index in [4.69, 9.17) is 42.6 Å². The number of rotatable bonds is 22. The molecule has 1 aliphatic rings. The fraction of sp³-hybridized carbons (Fsp3) is 0.386. The second-order valence-corrected chi connectivity index (χ2v) is 13.1. The van der Waals surface area contributed by atoms with Crippen LogP contribution in [0.3, 0.4) is 0 Å². The van der Waals surface area contributed by atoms with E-state index in [1.54, 1.807) is 55.8 Å². The Hall–Kier alpha value is -5.91. The molecule has 2 N–H and O–H groups in total. The fourth-order valence-corrected chi connectivity index (χ4v) is 6.49. The molecule has 1 unspecified atom stereocenters. The first-order valence-electron chi connectivity index (χ1n) is 18.8. The first-order chi connectivity index (χ1) is 27.3. The van der Waals surface area contributed by atoms with Crippen molar-refractivity contribution in [1.29, 1.82) is 0 Å². The molecule has 0 saturated carbocycles. The monoisotopic (exact) mass is 770 g/mol. The zero-order valence-corrected chi connectivity index (χ0v) is 33.5. The third-order valence-corrected chi connectivity index (χ3v) is 9.50. The summed E-state index contributed by atoms with van der Waals surface area (Å²) in [6.07, 6.45) is 10.9. The van der Waals surface area contributed by atoms with Crippen LogP contribution in [0.15, 0.2) is 60.7 Å². The van der Waals surface area contributed by atoms with Crippen molar-refractivity contribution < 1.29 is 47.4 Å². The van der Waals surface area contributed by atoms with Gasteiger partial charge in [0, 0.05) is 5.69 Å². The van der Waals surface area contributed by atoms with Gasteiger partial charge in [-0.2, -0.15) is 0 Å². The molecule has 0 saturated heterocycles. The number of nitrogens with one attached hydrogen (secondary N) is 2. The molecule has 1 atom stereocenters. The smallest absolute Gasteiger partial charge is 0.255 e. The largest absolute Gasteiger partial charge is 0.497 e. The maximum atomic E-state index is 12.8. The third kappa shape index (κ3) is 10.4. The lowest BCUT2D eigenvalue weighted by Crippen LogP contribution is -2.38. The summed E-state index contributed by atoms with van der Waals surface area (Å²) in [5.41, 5.74) is 3.93. The van der Waals surface area contributed by atoms with Crippen molar-refractivity contribution in [2.75, 3.05) is 68.3 Å². The van der Waals surface area contributed by atoms with E-state index in [0.29, 0.717) is 70.5 Å². The molecule has 56 heavy (non-hydrogen) atoms. The molecule has 1 amide bonds. The van der Waals surface area contributed by atoms with E-state index < -0.39 is 6.17 Å². The highest BCUT2D eigenvalue weighted by Gasteiger charge is 2.26. The zero-order chi connectivity index (χ0) is 39.9. The first-order valence-corrected chi connectivity index (χ1v) is 18.8. The van der Waals surface area contributed by atoms with E-state index in [2.05, 4.69) is 10.6 Å². The third-order valence-electron chi connectivity index (χ3n) is 9.50. The lowest BCUT2D eigenvalue weighted by atomic mass is 10.0. The average Bonchev–Trinajstić information content (AvgIpc) is 3.23. The molecule has 1 aliphatic heterocycles. The van der Waals surface area contributed by atoms with Gasteiger partial charge in [-0.05, 0) is 84.1 Å². The molecule has 0 bridgehead atoms. The van der Waals surface area contributed by atoms with Gasteiger partial charge in [0.25, 0.3) is 5.91 Å². The highest BCUT2D eigenvalue weighted by atomic mass is 16.5. The number of unbranched alkanes of at least 4 members (excludes halogenated alkanes) is 6. The van der Waals surface area contributed by atoms with Gasteiger partial charge in [0.15, 0.2) is 34.5 Å². The van der Waals surface area contributed by atoms with Crippen molar-refractivity contribution in [2.45, 2.75) is 51.1 Å². The van der Waals surface area contributed by atoms with Crippen LogP contribution in [0.2, 0.25) is 0 Å². The summed E-state index contributed by atoms with van der Waals surface area (Å²) in [6, 6.07) is 18.7. The molecule has 0 aliphatic carbocycles. The second-order valence-electron chi connectivity index (χ2n) is 13.1. The maximum absolute atomic E-state index is 12.8. The minimum Gasteiger partial charge on any atom is -0.497 e. The molecule has 0 aromatic heterocycles. The Morgan fingerprint density at radius 2 is 1.04 bits per heavy atom. The zero-order valence-electron chi connectivity index (χ0n) is 33.5. The van der Waals surface area contributed by atoms with Crippen LogP contribution in [0.4, 0.5) is 5.69 Å². The molecule has 300 valence electrons. The minimum atomic E-state index is -0.396. The van der Waals surface area contributed by atoms with Crippen LogP contribution in [-0.4, -0.2) is 68.9 Å². The van der Waals surface area contributed by atoms with Crippen molar-refractivity contribution >= 4 is 23.7 Å². The van der Waals surface area contributed by atoms with Gasteiger partial charge in [-0.15, -0.1) is 0 Å². The normalized spacial score (nSPS) is 13.3. The SMILES string of the molecule is COc1ccc2c(c1)C(=O)NC(c1ccc(OCCCCCCCCCOc3c(OC)cc(/C=C/c4cc(OC)c(OC)c(OC)c4)cc3OC)c(OC)c1)N2. The number of ether oxygens (including phenoxy) is 9. The Morgan fingerprint density at radius 1 is 0.500 bits per heavy atom. The summed E-state index contributed by atoms with van der Waals surface area (Å²) >= 11 is 0. The first kappa shape index (κ1) is 41.3. The van der Waals surface area contributed by atoms with Gasteiger partial charge in [-0.1, -0.05) is 50.3 Å². The van der Waals surface area contributed by atoms with Gasteiger partial charge < -0.3 is 53.3 Å². The molecule has 0 fully saturated rings. The van der Waals surface area contributed by atoms with Gasteiger partial charge in [-0.25, -0.2) is 0 Å². The van der Waals surface area contributed by atoms with E-state index in [-0.39, 0.29) is 5.91 Å². The van der Waals surface area contributed by atoms with Crippen LogP contribution in [0.1, 0.15) is 78.2 Å². The maximum Gasteiger partial charge on any atom is 0.255 e. The molecule has 12 heteroatoms. The summed E-state index contributed by atoms with van der Waals surface area (Å²) in [7, 11) is 11.2. The number of hydrogen-bond donors (Lipinski definition) is 2. The van der Waals surface area contributed by atoms with Crippen molar-refractivity contribution in [2.24, 2.45) is 0 Å². The van der Waals surface area contributed by atoms with E-state index in [9.17, 15) is 4.79 Å². The molecule has 4 aromatic rings. The number of carbonyl (C=O) groups excluding carboxylic acids is 1. The highest BCUT2D eigenvalue weighted by Crippen LogP contribution is 2.41. The number of hydrogen-bond acceptors (Lipinski definition) is 11. The molecule has 1 heterocycles. The standard InChI is InChI=1S/C44H54N2O10/c1-48-32-18-19-34-33(28-32)44(47)46-43(45-34)31-17-20-35(36(27-31)49-2)55-21-13-11-9-8-10-12-14-22-56-42-39(52-5)25-30(26-40(42)53-6)16-15-29-23-37(50-3)41(54-7)38(24-29)51-4/h15-20,23-28,43,45H,8-14,21-22H2,1-7H3,(H,46,47)/b16-15+. The lowest BCUT2D eigenvalue weighted by molar-refractivity contribution is 0.0935. The fourth-order valence-electron chi connectivity index (χ4n) is 6.49. The topological polar surface area (TPSA) is 124 Å². The summed E-state index contributed by atoms with van der Waals surface area (Å²) in [5.74, 6) is 5.27. The van der Waals surface area contributed by atoms with Crippen LogP contribution >= 0.6 is 0 Å². The van der Waals surface area contributed by atoms with E-state index in [1.807, 2.05) is 66.7 Å². The van der Waals surface area contributed by atoms with Crippen LogP contribution in [0, 0.1) is 0 Å². The highest BCUT2D eigenvalue weighted by molar-refractivity contribution is 6.02. The Balaban J connectivity index is 1.01. The molecule has 0 spiro atoms. The molecular formula is C44H54N2O10. The van der Waals surface area contributed by atoms with Crippen LogP contribution < -0.4 is 53.3 Å². The Morgan fingerprint density at radius 3 is 1.57 bits per heavy atom. The minimum absolute atomic E-state index is 0.168. The van der Waals surface area contributed by atoms with Gasteiger partial charge in [0.2, 0.25) is 11.5 Å². The molecule has 0 radical (unpaired) electrons. The quantitative estimate of drug-likeness (QED) is 0.0588. The van der Waals surface area contributed by atoms with Crippen molar-refractivity contribution in [3.63, 3.8) is 0 Å². The number of fused-ring (bicyclic) bond motifs is 1. The molecule has 5 rings (SSSR count). The predicted molar refractivity (Wildman–Crippen MR) is 218 cm³/mol. The summed E-state index contributed by atoms with van der Waals surface area (Å²) in [5, 5.41) is 6.38. The molecule has 12 nitrogen and oxygen atoms in total. The van der Waals surface area contributed by atoms with Gasteiger partial charge in [0.05, 0.1) is 68.5 Å². The van der Waals surface area contributed by atoms with Gasteiger partial charge in [-0.3, -0.25) is 4.79 Å². The van der Waals surface area contributed by atoms with Crippen molar-refractivity contribution in [3.8, 4) is 51.7 Å². The summed E-state index contributed by atoms with van der Waals surface area (Å²) in [4.78, 5) is 12.8.